The normalized spacial score (nSPS) is 15.2. The smallest absolute Gasteiger partial charge is 0.293 e. The van der Waals surface area contributed by atoms with Crippen LogP contribution in [0, 0.1) is 10.1 Å². The summed E-state index contributed by atoms with van der Waals surface area (Å²) in [6, 6.07) is 6.73. The van der Waals surface area contributed by atoms with Gasteiger partial charge in [-0.2, -0.15) is 11.3 Å². The van der Waals surface area contributed by atoms with E-state index in [2.05, 4.69) is 22.1 Å². The minimum Gasteiger partial charge on any atom is -0.383 e. The lowest BCUT2D eigenvalue weighted by Crippen LogP contribution is -3.13. The lowest BCUT2D eigenvalue weighted by Gasteiger charge is -2.32. The average molecular weight is 361 g/mol. The molecule has 8 heteroatoms. The number of carbonyl (C=O) groups is 1. The number of amides is 1. The first-order chi connectivity index (χ1) is 12.1. The number of carbonyl (C=O) groups excluding carboxylic acids is 1. The van der Waals surface area contributed by atoms with Gasteiger partial charge in [0, 0.05) is 24.2 Å². The number of hydrogen-bond acceptors (Lipinski definition) is 5. The molecule has 132 valence electrons. The monoisotopic (exact) mass is 361 g/mol. The van der Waals surface area contributed by atoms with E-state index in [4.69, 9.17) is 0 Å². The van der Waals surface area contributed by atoms with Gasteiger partial charge in [-0.3, -0.25) is 14.9 Å². The fraction of sp³-hybridized carbons (Fsp3) is 0.353. The van der Waals surface area contributed by atoms with Gasteiger partial charge in [-0.15, -0.1) is 0 Å². The molecule has 1 saturated heterocycles. The Kier molecular flexibility index (Phi) is 5.30. The van der Waals surface area contributed by atoms with Crippen LogP contribution >= 0.6 is 11.3 Å². The van der Waals surface area contributed by atoms with Crippen LogP contribution in [-0.2, 0) is 6.54 Å². The standard InChI is InChI=1S/C17H20N4O3S/c1-18-15-3-2-14(10-16(15)21(23)24)17(22)20-7-5-19(6-8-20)11-13-4-9-25-12-13/h2-4,9-10,12,18H,5-8,11H2,1H3/p+1. The van der Waals surface area contributed by atoms with Crippen molar-refractivity contribution in [3.8, 4) is 0 Å². The third kappa shape index (κ3) is 3.97. The second-order valence-electron chi connectivity index (χ2n) is 6.09. The minimum absolute atomic E-state index is 0.0740. The number of rotatable bonds is 5. The van der Waals surface area contributed by atoms with Crippen molar-refractivity contribution in [3.05, 3.63) is 56.3 Å². The molecule has 1 amide bonds. The molecule has 7 nitrogen and oxygen atoms in total. The summed E-state index contributed by atoms with van der Waals surface area (Å²) in [5, 5.41) is 18.2. The zero-order chi connectivity index (χ0) is 17.8. The Morgan fingerprint density at radius 2 is 2.12 bits per heavy atom. The van der Waals surface area contributed by atoms with Crippen molar-refractivity contribution in [2.24, 2.45) is 0 Å². The molecule has 0 spiro atoms. The van der Waals surface area contributed by atoms with Crippen molar-refractivity contribution >= 4 is 28.6 Å². The number of piperazine rings is 1. The van der Waals surface area contributed by atoms with Crippen LogP contribution in [0.4, 0.5) is 11.4 Å². The first-order valence-electron chi connectivity index (χ1n) is 8.18. The Bertz CT molecular complexity index is 755. The number of nitrogens with one attached hydrogen (secondary N) is 2. The maximum absolute atomic E-state index is 12.7. The van der Waals surface area contributed by atoms with Gasteiger partial charge in [0.2, 0.25) is 0 Å². The summed E-state index contributed by atoms with van der Waals surface area (Å²) < 4.78 is 0. The van der Waals surface area contributed by atoms with E-state index in [0.29, 0.717) is 24.3 Å². The van der Waals surface area contributed by atoms with Crippen molar-refractivity contribution < 1.29 is 14.6 Å². The second-order valence-corrected chi connectivity index (χ2v) is 6.87. The number of nitrogens with zero attached hydrogens (tertiary/aromatic N) is 2. The molecule has 25 heavy (non-hydrogen) atoms. The third-order valence-electron chi connectivity index (χ3n) is 4.50. The van der Waals surface area contributed by atoms with Crippen molar-refractivity contribution in [1.82, 2.24) is 4.90 Å². The van der Waals surface area contributed by atoms with Crippen LogP contribution in [0.1, 0.15) is 15.9 Å². The zero-order valence-electron chi connectivity index (χ0n) is 14.0. The Balaban J connectivity index is 1.64. The van der Waals surface area contributed by atoms with Gasteiger partial charge in [-0.05, 0) is 29.0 Å². The van der Waals surface area contributed by atoms with Crippen LogP contribution in [0.25, 0.3) is 0 Å². The van der Waals surface area contributed by atoms with E-state index in [0.717, 1.165) is 19.6 Å². The van der Waals surface area contributed by atoms with E-state index in [9.17, 15) is 14.9 Å². The first kappa shape index (κ1) is 17.4. The van der Waals surface area contributed by atoms with Crippen LogP contribution in [0.5, 0.6) is 0 Å². The first-order valence-corrected chi connectivity index (χ1v) is 9.13. The molecule has 0 atom stereocenters. The van der Waals surface area contributed by atoms with Crippen LogP contribution < -0.4 is 10.2 Å². The lowest BCUT2D eigenvalue weighted by atomic mass is 10.1. The van der Waals surface area contributed by atoms with Crippen LogP contribution in [0.3, 0.4) is 0 Å². The molecule has 2 heterocycles. The molecule has 0 bridgehead atoms. The molecule has 0 saturated carbocycles. The number of anilines is 1. The van der Waals surface area contributed by atoms with Gasteiger partial charge in [-0.25, -0.2) is 0 Å². The molecule has 0 unspecified atom stereocenters. The van der Waals surface area contributed by atoms with E-state index >= 15 is 0 Å². The van der Waals surface area contributed by atoms with Gasteiger partial charge in [0.1, 0.15) is 12.2 Å². The molecule has 2 aromatic rings. The SMILES string of the molecule is CNc1ccc(C(=O)N2CC[NH+](Cc3ccsc3)CC2)cc1[N+](=O)[O-]. The van der Waals surface area contributed by atoms with Gasteiger partial charge in [0.25, 0.3) is 11.6 Å². The number of nitro groups is 1. The van der Waals surface area contributed by atoms with Crippen LogP contribution in [0.2, 0.25) is 0 Å². The summed E-state index contributed by atoms with van der Waals surface area (Å²) in [7, 11) is 1.62. The Morgan fingerprint density at radius 1 is 1.36 bits per heavy atom. The van der Waals surface area contributed by atoms with Gasteiger partial charge in [-0.1, -0.05) is 0 Å². The van der Waals surface area contributed by atoms with E-state index < -0.39 is 4.92 Å². The maximum Gasteiger partial charge on any atom is 0.293 e. The number of quaternary nitrogens is 1. The minimum atomic E-state index is -0.467. The van der Waals surface area contributed by atoms with E-state index in [1.165, 1.54) is 16.5 Å². The summed E-state index contributed by atoms with van der Waals surface area (Å²) in [5.41, 5.74) is 2.03. The molecule has 1 aliphatic rings. The largest absolute Gasteiger partial charge is 0.383 e. The van der Waals surface area contributed by atoms with Crippen molar-refractivity contribution in [2.45, 2.75) is 6.54 Å². The number of thiophene rings is 1. The predicted molar refractivity (Wildman–Crippen MR) is 97.3 cm³/mol. The van der Waals surface area contributed by atoms with E-state index in [1.54, 1.807) is 35.4 Å². The van der Waals surface area contributed by atoms with Crippen molar-refractivity contribution in [1.29, 1.82) is 0 Å². The summed E-state index contributed by atoms with van der Waals surface area (Å²) in [5.74, 6) is -0.139. The molecular formula is C17H21N4O3S+. The van der Waals surface area contributed by atoms with Crippen LogP contribution in [0.15, 0.2) is 35.0 Å². The van der Waals surface area contributed by atoms with Crippen LogP contribution in [-0.4, -0.2) is 49.0 Å². The van der Waals surface area contributed by atoms with Gasteiger partial charge in [0.15, 0.2) is 0 Å². The molecule has 1 aliphatic heterocycles. The fourth-order valence-corrected chi connectivity index (χ4v) is 3.76. The summed E-state index contributed by atoms with van der Waals surface area (Å²) >= 11 is 1.70. The highest BCUT2D eigenvalue weighted by atomic mass is 32.1. The fourth-order valence-electron chi connectivity index (χ4n) is 3.09. The highest BCUT2D eigenvalue weighted by Crippen LogP contribution is 2.25. The molecular weight excluding hydrogens is 340 g/mol. The quantitative estimate of drug-likeness (QED) is 0.620. The topological polar surface area (TPSA) is 79.9 Å². The van der Waals surface area contributed by atoms with Gasteiger partial charge >= 0.3 is 0 Å². The third-order valence-corrected chi connectivity index (χ3v) is 5.23. The second kappa shape index (κ2) is 7.62. The molecule has 2 N–H and O–H groups in total. The molecule has 1 aromatic heterocycles. The summed E-state index contributed by atoms with van der Waals surface area (Å²) in [4.78, 5) is 26.6. The van der Waals surface area contributed by atoms with Gasteiger partial charge in [0.05, 0.1) is 31.1 Å². The Hall–Kier alpha value is -2.45. The number of nitro benzene ring substituents is 1. The summed E-state index contributed by atoms with van der Waals surface area (Å²) in [6.45, 7) is 4.09. The van der Waals surface area contributed by atoms with E-state index in [1.807, 2.05) is 0 Å². The predicted octanol–water partition coefficient (Wildman–Crippen LogP) is 1.24. The lowest BCUT2D eigenvalue weighted by molar-refractivity contribution is -0.917. The Morgan fingerprint density at radius 3 is 2.72 bits per heavy atom. The van der Waals surface area contributed by atoms with Crippen molar-refractivity contribution in [2.75, 3.05) is 38.5 Å². The zero-order valence-corrected chi connectivity index (χ0v) is 14.8. The number of benzene rings is 1. The molecule has 3 rings (SSSR count). The van der Waals surface area contributed by atoms with E-state index in [-0.39, 0.29) is 11.6 Å². The average Bonchev–Trinajstić information content (AvgIpc) is 3.14. The van der Waals surface area contributed by atoms with Crippen molar-refractivity contribution in [3.63, 3.8) is 0 Å². The molecule has 1 aromatic carbocycles. The summed E-state index contributed by atoms with van der Waals surface area (Å²) in [6.07, 6.45) is 0. The molecule has 0 radical (unpaired) electrons. The highest BCUT2D eigenvalue weighted by Gasteiger charge is 2.26. The highest BCUT2D eigenvalue weighted by molar-refractivity contribution is 7.07. The molecule has 1 fully saturated rings. The van der Waals surface area contributed by atoms with Gasteiger partial charge < -0.3 is 15.1 Å². The number of hydrogen-bond donors (Lipinski definition) is 2. The Labute approximate surface area is 150 Å². The maximum atomic E-state index is 12.7. The molecule has 0 aliphatic carbocycles.